The minimum Gasteiger partial charge on any atom is -0.476 e. The average molecular weight is 629 g/mol. The number of rotatable bonds is 9. The van der Waals surface area contributed by atoms with E-state index in [2.05, 4.69) is 10.3 Å². The van der Waals surface area contributed by atoms with E-state index in [-0.39, 0.29) is 39.5 Å². The number of carbonyl (C=O) groups excluding carboxylic acids is 3. The molecule has 14 heteroatoms. The third-order valence-electron chi connectivity index (χ3n) is 7.18. The van der Waals surface area contributed by atoms with Gasteiger partial charge in [0, 0.05) is 44.5 Å². The van der Waals surface area contributed by atoms with Gasteiger partial charge in [-0.2, -0.15) is 9.65 Å². The topological polar surface area (TPSA) is 121 Å². The molecule has 0 spiro atoms. The van der Waals surface area contributed by atoms with Crippen molar-refractivity contribution < 1.29 is 32.4 Å². The van der Waals surface area contributed by atoms with Crippen LogP contribution in [0, 0.1) is 23.0 Å². The van der Waals surface area contributed by atoms with E-state index >= 15 is 0 Å². The Labute approximate surface area is 258 Å². The number of aromatic nitrogens is 2. The number of amides is 3. The summed E-state index contributed by atoms with van der Waals surface area (Å²) in [6.45, 7) is 1.92. The molecule has 232 valence electrons. The molecular formula is C30H33ClF2N7O4+. The van der Waals surface area contributed by atoms with E-state index < -0.39 is 29.9 Å². The van der Waals surface area contributed by atoms with E-state index in [1.807, 2.05) is 21.1 Å². The second-order valence-corrected chi connectivity index (χ2v) is 11.7. The van der Waals surface area contributed by atoms with Gasteiger partial charge >= 0.3 is 0 Å². The molecule has 0 bridgehead atoms. The smallest absolute Gasteiger partial charge is 0.291 e. The SMILES string of the molecule is Cn1c(-c2ccc(OCC#N)c(F)c2F)cnc1C(=O)Nc1ccc(C(=O)N2CCN(C(=O)CC[N+](C)(C)C)CC2)c(Cl)c1. The molecule has 1 fully saturated rings. The van der Waals surface area contributed by atoms with Crippen LogP contribution in [0.25, 0.3) is 11.3 Å². The monoisotopic (exact) mass is 628 g/mol. The molecule has 11 nitrogen and oxygen atoms in total. The van der Waals surface area contributed by atoms with E-state index in [1.165, 1.54) is 48.1 Å². The first-order valence-corrected chi connectivity index (χ1v) is 14.2. The van der Waals surface area contributed by atoms with Crippen molar-refractivity contribution in [3.05, 3.63) is 64.6 Å². The van der Waals surface area contributed by atoms with Gasteiger partial charge in [0.15, 0.2) is 24.0 Å². The molecule has 1 aliphatic heterocycles. The Morgan fingerprint density at radius 1 is 1.07 bits per heavy atom. The molecule has 1 N–H and O–H groups in total. The van der Waals surface area contributed by atoms with E-state index in [4.69, 9.17) is 21.6 Å². The normalized spacial score (nSPS) is 13.4. The number of ether oxygens (including phenoxy) is 1. The van der Waals surface area contributed by atoms with Crippen LogP contribution in [0.3, 0.4) is 0 Å². The molecule has 3 aromatic rings. The highest BCUT2D eigenvalue weighted by Gasteiger charge is 2.27. The summed E-state index contributed by atoms with van der Waals surface area (Å²) in [5, 5.41) is 11.4. The van der Waals surface area contributed by atoms with E-state index in [1.54, 1.807) is 15.9 Å². The Morgan fingerprint density at radius 2 is 1.75 bits per heavy atom. The molecule has 1 saturated heterocycles. The minimum atomic E-state index is -1.26. The lowest BCUT2D eigenvalue weighted by Crippen LogP contribution is -2.51. The number of carbonyl (C=O) groups is 3. The Hall–Kier alpha value is -4.54. The van der Waals surface area contributed by atoms with Crippen molar-refractivity contribution in [1.82, 2.24) is 19.4 Å². The summed E-state index contributed by atoms with van der Waals surface area (Å²) >= 11 is 6.44. The second kappa shape index (κ2) is 13.4. The maximum Gasteiger partial charge on any atom is 0.291 e. The van der Waals surface area contributed by atoms with Gasteiger partial charge in [0.05, 0.1) is 56.6 Å². The van der Waals surface area contributed by atoms with Crippen LogP contribution in [-0.2, 0) is 11.8 Å². The maximum atomic E-state index is 14.8. The fourth-order valence-corrected chi connectivity index (χ4v) is 4.95. The number of hydrogen-bond acceptors (Lipinski definition) is 6. The first kappa shape index (κ1) is 32.4. The second-order valence-electron chi connectivity index (χ2n) is 11.3. The highest BCUT2D eigenvalue weighted by atomic mass is 35.5. The Kier molecular flexibility index (Phi) is 9.86. The number of nitriles is 1. The summed E-state index contributed by atoms with van der Waals surface area (Å²) in [5.41, 5.74) is 0.534. The number of piperazine rings is 1. The molecule has 0 saturated carbocycles. The molecular weight excluding hydrogens is 596 g/mol. The number of nitrogens with zero attached hydrogens (tertiary/aromatic N) is 6. The number of quaternary nitrogens is 1. The lowest BCUT2D eigenvalue weighted by Gasteiger charge is -2.35. The van der Waals surface area contributed by atoms with Gasteiger partial charge in [-0.3, -0.25) is 14.4 Å². The molecule has 0 unspecified atom stereocenters. The average Bonchev–Trinajstić information content (AvgIpc) is 3.37. The van der Waals surface area contributed by atoms with E-state index in [9.17, 15) is 23.2 Å². The van der Waals surface area contributed by atoms with Gasteiger partial charge in [-0.25, -0.2) is 9.37 Å². The number of anilines is 1. The molecule has 2 heterocycles. The lowest BCUT2D eigenvalue weighted by molar-refractivity contribution is -0.869. The quantitative estimate of drug-likeness (QED) is 0.362. The number of nitrogens with one attached hydrogen (secondary N) is 1. The molecule has 2 aromatic carbocycles. The van der Waals surface area contributed by atoms with E-state index in [0.29, 0.717) is 42.8 Å². The van der Waals surface area contributed by atoms with Gasteiger partial charge in [0.1, 0.15) is 6.07 Å². The van der Waals surface area contributed by atoms with Crippen molar-refractivity contribution in [3.63, 3.8) is 0 Å². The summed E-state index contributed by atoms with van der Waals surface area (Å²) in [6, 6.07) is 8.62. The van der Waals surface area contributed by atoms with Crippen LogP contribution in [0.1, 0.15) is 27.4 Å². The predicted molar refractivity (Wildman–Crippen MR) is 159 cm³/mol. The molecule has 4 rings (SSSR count). The molecule has 44 heavy (non-hydrogen) atoms. The van der Waals surface area contributed by atoms with Gasteiger partial charge in [0.2, 0.25) is 11.7 Å². The number of hydrogen-bond donors (Lipinski definition) is 1. The zero-order chi connectivity index (χ0) is 32.2. The molecule has 0 atom stereocenters. The number of benzene rings is 2. The van der Waals surface area contributed by atoms with Crippen LogP contribution in [0.4, 0.5) is 14.5 Å². The van der Waals surface area contributed by atoms with Crippen LogP contribution < -0.4 is 10.1 Å². The highest BCUT2D eigenvalue weighted by molar-refractivity contribution is 6.34. The fraction of sp³-hybridized carbons (Fsp3) is 0.367. The van der Waals surface area contributed by atoms with Crippen LogP contribution in [0.5, 0.6) is 5.75 Å². The van der Waals surface area contributed by atoms with Crippen LogP contribution in [-0.4, -0.2) is 102 Å². The van der Waals surface area contributed by atoms with Gasteiger partial charge in [-0.1, -0.05) is 11.6 Å². The maximum absolute atomic E-state index is 14.8. The van der Waals surface area contributed by atoms with Crippen LogP contribution in [0.2, 0.25) is 5.02 Å². The Bertz CT molecular complexity index is 1620. The third kappa shape index (κ3) is 7.32. The molecule has 0 aliphatic carbocycles. The fourth-order valence-electron chi connectivity index (χ4n) is 4.69. The van der Waals surface area contributed by atoms with Crippen molar-refractivity contribution in [1.29, 1.82) is 5.26 Å². The number of imidazole rings is 1. The van der Waals surface area contributed by atoms with Crippen molar-refractivity contribution in [2.45, 2.75) is 6.42 Å². The van der Waals surface area contributed by atoms with Gasteiger partial charge in [0.25, 0.3) is 11.8 Å². The summed E-state index contributed by atoms with van der Waals surface area (Å²) < 4.78 is 36.1. The summed E-state index contributed by atoms with van der Waals surface area (Å²) in [4.78, 5) is 46.2. The minimum absolute atomic E-state index is 0.0694. The van der Waals surface area contributed by atoms with E-state index in [0.717, 1.165) is 6.54 Å². The van der Waals surface area contributed by atoms with Crippen LogP contribution >= 0.6 is 11.6 Å². The third-order valence-corrected chi connectivity index (χ3v) is 7.49. The van der Waals surface area contributed by atoms with Gasteiger partial charge in [-0.15, -0.1) is 0 Å². The van der Waals surface area contributed by atoms with Crippen molar-refractivity contribution in [2.75, 3.05) is 65.8 Å². The zero-order valence-electron chi connectivity index (χ0n) is 24.9. The largest absolute Gasteiger partial charge is 0.476 e. The zero-order valence-corrected chi connectivity index (χ0v) is 25.6. The number of halogens is 3. The summed E-state index contributed by atoms with van der Waals surface area (Å²) in [5.74, 6) is -3.83. The lowest BCUT2D eigenvalue weighted by atomic mass is 10.1. The van der Waals surface area contributed by atoms with Crippen molar-refractivity contribution >= 4 is 35.0 Å². The van der Waals surface area contributed by atoms with Crippen molar-refractivity contribution in [3.8, 4) is 23.1 Å². The predicted octanol–water partition coefficient (Wildman–Crippen LogP) is 3.55. The van der Waals surface area contributed by atoms with Gasteiger partial charge in [-0.05, 0) is 30.3 Å². The van der Waals surface area contributed by atoms with Gasteiger partial charge < -0.3 is 28.9 Å². The summed E-state index contributed by atoms with van der Waals surface area (Å²) in [6.07, 6.45) is 1.67. The Morgan fingerprint density at radius 3 is 2.39 bits per heavy atom. The first-order chi connectivity index (χ1) is 20.8. The highest BCUT2D eigenvalue weighted by Crippen LogP contribution is 2.30. The molecule has 1 aliphatic rings. The van der Waals surface area contributed by atoms with Crippen molar-refractivity contribution in [2.24, 2.45) is 7.05 Å². The Balaban J connectivity index is 1.39. The van der Waals surface area contributed by atoms with Crippen LogP contribution in [0.15, 0.2) is 36.5 Å². The summed E-state index contributed by atoms with van der Waals surface area (Å²) in [7, 11) is 7.56. The molecule has 1 aromatic heterocycles. The first-order valence-electron chi connectivity index (χ1n) is 13.8. The standard InChI is InChI=1S/C30H32ClF2N7O4/c1-37-23(21-7-8-24(44-16-10-34)27(33)26(21)32)18-35-28(37)29(42)36-19-5-6-20(22(31)17-19)30(43)39-13-11-38(12-14-39)25(41)9-15-40(2,3)4/h5-8,17-18H,9,11-16H2,1-4H3/p+1. The molecule has 0 radical (unpaired) electrons. The molecule has 3 amide bonds.